The van der Waals surface area contributed by atoms with E-state index < -0.39 is 0 Å². The van der Waals surface area contributed by atoms with Crippen molar-refractivity contribution in [1.29, 1.82) is 5.26 Å². The molecule has 1 aliphatic carbocycles. The van der Waals surface area contributed by atoms with Gasteiger partial charge in [0.1, 0.15) is 11.9 Å². The largest absolute Gasteiger partial charge is 0.369 e. The zero-order valence-corrected chi connectivity index (χ0v) is 11.9. The number of aromatic nitrogens is 1. The van der Waals surface area contributed by atoms with Crippen LogP contribution < -0.4 is 11.1 Å². The van der Waals surface area contributed by atoms with Crippen molar-refractivity contribution < 1.29 is 0 Å². The molecule has 2 rings (SSSR count). The fourth-order valence-electron chi connectivity index (χ4n) is 2.84. The molecule has 1 saturated carbocycles. The van der Waals surface area contributed by atoms with Crippen molar-refractivity contribution in [3.63, 3.8) is 0 Å². The molecule has 3 N–H and O–H groups in total. The van der Waals surface area contributed by atoms with Gasteiger partial charge in [0, 0.05) is 18.3 Å². The van der Waals surface area contributed by atoms with Gasteiger partial charge in [0.25, 0.3) is 0 Å². The van der Waals surface area contributed by atoms with Gasteiger partial charge >= 0.3 is 0 Å². The normalized spacial score (nSPS) is 28.9. The molecule has 0 unspecified atom stereocenters. The summed E-state index contributed by atoms with van der Waals surface area (Å²) in [7, 11) is 0. The monoisotopic (exact) mass is 258 g/mol. The highest BCUT2D eigenvalue weighted by atomic mass is 15.0. The zero-order chi connectivity index (χ0) is 14.1. The minimum absolute atomic E-state index is 0.0849. The topological polar surface area (TPSA) is 74.7 Å². The fraction of sp³-hybridized carbons (Fsp3) is 0.600. The summed E-state index contributed by atoms with van der Waals surface area (Å²) >= 11 is 0. The summed E-state index contributed by atoms with van der Waals surface area (Å²) in [6, 6.07) is 5.72. The van der Waals surface area contributed by atoms with Crippen LogP contribution in [0.2, 0.25) is 0 Å². The molecule has 2 atom stereocenters. The van der Waals surface area contributed by atoms with Gasteiger partial charge in [0.2, 0.25) is 0 Å². The highest BCUT2D eigenvalue weighted by Gasteiger charge is 2.48. The van der Waals surface area contributed by atoms with E-state index in [0.29, 0.717) is 17.3 Å². The second-order valence-electron chi connectivity index (χ2n) is 6.27. The van der Waals surface area contributed by atoms with E-state index in [1.807, 2.05) is 0 Å². The van der Waals surface area contributed by atoms with Crippen LogP contribution in [0.5, 0.6) is 0 Å². The quantitative estimate of drug-likeness (QED) is 0.873. The number of pyridine rings is 1. The molecule has 19 heavy (non-hydrogen) atoms. The van der Waals surface area contributed by atoms with Crippen LogP contribution in [0.3, 0.4) is 0 Å². The summed E-state index contributed by atoms with van der Waals surface area (Å²) in [5.74, 6) is 1.17. The molecule has 1 aromatic heterocycles. The van der Waals surface area contributed by atoms with Crippen LogP contribution >= 0.6 is 0 Å². The van der Waals surface area contributed by atoms with E-state index in [1.54, 1.807) is 18.3 Å². The molecular formula is C15H22N4. The first-order chi connectivity index (χ1) is 8.88. The van der Waals surface area contributed by atoms with E-state index in [-0.39, 0.29) is 11.0 Å². The van der Waals surface area contributed by atoms with E-state index in [9.17, 15) is 0 Å². The van der Waals surface area contributed by atoms with Crippen LogP contribution in [0.1, 0.15) is 39.2 Å². The van der Waals surface area contributed by atoms with Crippen LogP contribution in [0, 0.1) is 22.7 Å². The Bertz CT molecular complexity index is 499. The fourth-order valence-corrected chi connectivity index (χ4v) is 2.84. The Morgan fingerprint density at radius 1 is 1.53 bits per heavy atom. The highest BCUT2D eigenvalue weighted by Crippen LogP contribution is 2.48. The van der Waals surface area contributed by atoms with Crippen LogP contribution in [0.25, 0.3) is 0 Å². The van der Waals surface area contributed by atoms with Crippen LogP contribution in [-0.2, 0) is 0 Å². The number of hydrogen-bond donors (Lipinski definition) is 2. The van der Waals surface area contributed by atoms with E-state index in [4.69, 9.17) is 11.0 Å². The summed E-state index contributed by atoms with van der Waals surface area (Å²) in [6.45, 7) is 7.41. The van der Waals surface area contributed by atoms with Gasteiger partial charge < -0.3 is 11.1 Å². The first kappa shape index (κ1) is 13.8. The van der Waals surface area contributed by atoms with Crippen molar-refractivity contribution in [3.8, 4) is 6.07 Å². The molecule has 4 heteroatoms. The van der Waals surface area contributed by atoms with Crippen molar-refractivity contribution in [1.82, 2.24) is 4.98 Å². The molecule has 0 amide bonds. The van der Waals surface area contributed by atoms with Gasteiger partial charge in [-0.15, -0.1) is 0 Å². The molecule has 0 aromatic carbocycles. The Kier molecular flexibility index (Phi) is 3.51. The van der Waals surface area contributed by atoms with Crippen LogP contribution in [0.4, 0.5) is 5.82 Å². The second kappa shape index (κ2) is 4.82. The van der Waals surface area contributed by atoms with Crippen molar-refractivity contribution in [2.75, 3.05) is 11.9 Å². The number of nitriles is 1. The summed E-state index contributed by atoms with van der Waals surface area (Å²) in [5.41, 5.74) is 6.93. The van der Waals surface area contributed by atoms with Crippen molar-refractivity contribution in [2.24, 2.45) is 17.1 Å². The highest BCUT2D eigenvalue weighted by molar-refractivity contribution is 5.51. The number of hydrogen-bond acceptors (Lipinski definition) is 4. The molecule has 4 nitrogen and oxygen atoms in total. The van der Waals surface area contributed by atoms with Gasteiger partial charge in [-0.3, -0.25) is 0 Å². The van der Waals surface area contributed by atoms with Gasteiger partial charge in [-0.05, 0) is 43.2 Å². The van der Waals surface area contributed by atoms with Crippen LogP contribution in [0.15, 0.2) is 18.3 Å². The van der Waals surface area contributed by atoms with Gasteiger partial charge in [0.15, 0.2) is 0 Å². The number of anilines is 1. The molecule has 0 bridgehead atoms. The Labute approximate surface area is 115 Å². The lowest BCUT2D eigenvalue weighted by Gasteiger charge is -2.39. The van der Waals surface area contributed by atoms with Crippen LogP contribution in [-0.4, -0.2) is 17.1 Å². The Balaban J connectivity index is 2.07. The maximum atomic E-state index is 9.05. The SMILES string of the molecule is CC1(C)[C@@H](CNc2ncccc2C#N)CC[C@@]1(C)N. The van der Waals surface area contributed by atoms with Crippen molar-refractivity contribution >= 4 is 5.82 Å². The predicted molar refractivity (Wildman–Crippen MR) is 76.5 cm³/mol. The summed E-state index contributed by atoms with van der Waals surface area (Å²) in [4.78, 5) is 4.23. The third kappa shape index (κ3) is 2.43. The molecule has 1 aromatic rings. The smallest absolute Gasteiger partial charge is 0.143 e. The summed E-state index contributed by atoms with van der Waals surface area (Å²) in [6.07, 6.45) is 3.86. The number of rotatable bonds is 3. The molecule has 1 heterocycles. The van der Waals surface area contributed by atoms with Crippen molar-refractivity contribution in [2.45, 2.75) is 39.2 Å². The van der Waals surface area contributed by atoms with Gasteiger partial charge in [-0.2, -0.15) is 5.26 Å². The Morgan fingerprint density at radius 3 is 2.84 bits per heavy atom. The Morgan fingerprint density at radius 2 is 2.26 bits per heavy atom. The minimum Gasteiger partial charge on any atom is -0.369 e. The van der Waals surface area contributed by atoms with E-state index in [2.05, 4.69) is 37.1 Å². The second-order valence-corrected chi connectivity index (χ2v) is 6.27. The van der Waals surface area contributed by atoms with Gasteiger partial charge in [-0.1, -0.05) is 13.8 Å². The van der Waals surface area contributed by atoms with Gasteiger partial charge in [0.05, 0.1) is 5.56 Å². The minimum atomic E-state index is -0.123. The maximum absolute atomic E-state index is 9.05. The molecule has 0 spiro atoms. The molecule has 1 aliphatic rings. The standard InChI is InChI=1S/C15H22N4/c1-14(2)12(6-7-15(14,3)17)10-19-13-11(9-16)5-4-8-18-13/h4-5,8,12H,6-7,10,17H2,1-3H3,(H,18,19)/t12-,15-/m1/s1. The van der Waals surface area contributed by atoms with E-state index in [0.717, 1.165) is 19.4 Å². The van der Waals surface area contributed by atoms with E-state index in [1.165, 1.54) is 0 Å². The average molecular weight is 258 g/mol. The first-order valence-electron chi connectivity index (χ1n) is 6.76. The number of nitrogens with two attached hydrogens (primary N) is 1. The van der Waals surface area contributed by atoms with Gasteiger partial charge in [-0.25, -0.2) is 4.98 Å². The summed E-state index contributed by atoms with van der Waals surface area (Å²) < 4.78 is 0. The van der Waals surface area contributed by atoms with E-state index >= 15 is 0 Å². The maximum Gasteiger partial charge on any atom is 0.143 e. The molecule has 0 aliphatic heterocycles. The molecule has 102 valence electrons. The Hall–Kier alpha value is -1.60. The lowest BCUT2D eigenvalue weighted by Crippen LogP contribution is -2.49. The lowest BCUT2D eigenvalue weighted by atomic mass is 9.72. The third-order valence-electron chi connectivity index (χ3n) is 4.95. The predicted octanol–water partition coefficient (Wildman–Crippen LogP) is 2.52. The first-order valence-corrected chi connectivity index (χ1v) is 6.76. The average Bonchev–Trinajstić information content (AvgIpc) is 2.57. The molecule has 1 fully saturated rings. The molecule has 0 radical (unpaired) electrons. The lowest BCUT2D eigenvalue weighted by molar-refractivity contribution is 0.172. The molecule has 0 saturated heterocycles. The number of nitrogens with zero attached hydrogens (tertiary/aromatic N) is 2. The third-order valence-corrected chi connectivity index (χ3v) is 4.95. The molecular weight excluding hydrogens is 236 g/mol. The zero-order valence-electron chi connectivity index (χ0n) is 11.9. The van der Waals surface area contributed by atoms with Crippen molar-refractivity contribution in [3.05, 3.63) is 23.9 Å². The summed E-state index contributed by atoms with van der Waals surface area (Å²) in [5, 5.41) is 12.4. The number of nitrogens with one attached hydrogen (secondary N) is 1.